The van der Waals surface area contributed by atoms with Crippen LogP contribution >= 0.6 is 11.8 Å². The molecule has 0 bridgehead atoms. The van der Waals surface area contributed by atoms with Gasteiger partial charge >= 0.3 is 6.03 Å². The Kier molecular flexibility index (Phi) is 7.77. The number of thioether (sulfide) groups is 1. The van der Waals surface area contributed by atoms with Crippen molar-refractivity contribution < 1.29 is 19.1 Å². The summed E-state index contributed by atoms with van der Waals surface area (Å²) >= 11 is 1.58. The van der Waals surface area contributed by atoms with Crippen LogP contribution in [0, 0.1) is 0 Å². The van der Waals surface area contributed by atoms with E-state index in [0.717, 1.165) is 0 Å². The summed E-state index contributed by atoms with van der Waals surface area (Å²) < 4.78 is 5.57. The van der Waals surface area contributed by atoms with Crippen molar-refractivity contribution in [2.24, 2.45) is 0 Å². The smallest absolute Gasteiger partial charge is 0.323 e. The Morgan fingerprint density at radius 2 is 1.94 bits per heavy atom. The minimum absolute atomic E-state index is 0.118. The molecule has 1 atom stereocenters. The van der Waals surface area contributed by atoms with Gasteiger partial charge < -0.3 is 20.7 Å². The van der Waals surface area contributed by atoms with Crippen LogP contribution in [0.3, 0.4) is 0 Å². The third kappa shape index (κ3) is 5.69. The number of hydrogen-bond acceptors (Lipinski definition) is 5. The molecule has 8 nitrogen and oxygen atoms in total. The van der Waals surface area contributed by atoms with Gasteiger partial charge in [-0.05, 0) is 49.6 Å². The molecule has 0 saturated carbocycles. The first-order valence-corrected chi connectivity index (χ1v) is 11.4. The number of nitrogens with one attached hydrogen (secondary N) is 3. The Balaban J connectivity index is 1.76. The van der Waals surface area contributed by atoms with Crippen LogP contribution in [0.5, 0.6) is 5.75 Å². The lowest BCUT2D eigenvalue weighted by Gasteiger charge is -2.30. The third-order valence-electron chi connectivity index (χ3n) is 4.69. The Labute approximate surface area is 185 Å². The van der Waals surface area contributed by atoms with E-state index in [9.17, 15) is 14.4 Å². The van der Waals surface area contributed by atoms with Gasteiger partial charge in [0.1, 0.15) is 18.3 Å². The predicted molar refractivity (Wildman–Crippen MR) is 124 cm³/mol. The normalized spacial score (nSPS) is 13.6. The molecule has 0 unspecified atom stereocenters. The highest BCUT2D eigenvalue weighted by Crippen LogP contribution is 2.29. The molecule has 0 aliphatic carbocycles. The number of carbonyl (C=O) groups excluding carboxylic acids is 3. The molecule has 9 heteroatoms. The quantitative estimate of drug-likeness (QED) is 0.582. The first-order valence-electron chi connectivity index (χ1n) is 10.0. The lowest BCUT2D eigenvalue weighted by molar-refractivity contribution is -0.118. The maximum Gasteiger partial charge on any atom is 0.323 e. The van der Waals surface area contributed by atoms with E-state index in [1.807, 2.05) is 19.2 Å². The predicted octanol–water partition coefficient (Wildman–Crippen LogP) is 3.31. The first-order chi connectivity index (χ1) is 15.0. The summed E-state index contributed by atoms with van der Waals surface area (Å²) in [5.74, 6) is 0.617. The first kappa shape index (κ1) is 22.5. The molecule has 0 radical (unpaired) electrons. The minimum Gasteiger partial charge on any atom is -0.492 e. The Morgan fingerprint density at radius 3 is 2.71 bits per heavy atom. The zero-order valence-electron chi connectivity index (χ0n) is 17.5. The Hall–Kier alpha value is -3.20. The second-order valence-corrected chi connectivity index (χ2v) is 7.84. The van der Waals surface area contributed by atoms with E-state index < -0.39 is 12.1 Å². The number of carbonyl (C=O) groups is 3. The van der Waals surface area contributed by atoms with E-state index in [0.29, 0.717) is 41.6 Å². The molecule has 0 spiro atoms. The van der Waals surface area contributed by atoms with Crippen LogP contribution in [-0.4, -0.2) is 49.0 Å². The topological polar surface area (TPSA) is 99.8 Å². The largest absolute Gasteiger partial charge is 0.492 e. The van der Waals surface area contributed by atoms with Gasteiger partial charge in [0.15, 0.2) is 0 Å². The van der Waals surface area contributed by atoms with Gasteiger partial charge in [-0.25, -0.2) is 4.79 Å². The highest BCUT2D eigenvalue weighted by Gasteiger charge is 2.30. The number of rotatable bonds is 8. The van der Waals surface area contributed by atoms with Gasteiger partial charge in [-0.3, -0.25) is 14.5 Å². The molecule has 0 saturated heterocycles. The standard InChI is InChI=1S/C22H26N4O4S/c1-3-30-19-11-7-5-9-16(19)24-21(28)17(12-13-31-2)25-22(29)26-14-20(27)23-15-8-4-6-10-18(15)26/h4-11,17H,3,12-14H2,1-2H3,(H,23,27)(H,24,28)(H,25,29)/t17-/m0/s1. The summed E-state index contributed by atoms with van der Waals surface area (Å²) in [5.41, 5.74) is 1.69. The average Bonchev–Trinajstić information content (AvgIpc) is 2.77. The van der Waals surface area contributed by atoms with Crippen LogP contribution < -0.4 is 25.6 Å². The lowest BCUT2D eigenvalue weighted by Crippen LogP contribution is -2.53. The van der Waals surface area contributed by atoms with Gasteiger partial charge in [-0.2, -0.15) is 11.8 Å². The molecule has 1 aliphatic rings. The number of ether oxygens (including phenoxy) is 1. The summed E-state index contributed by atoms with van der Waals surface area (Å²) in [6.07, 6.45) is 2.38. The van der Waals surface area contributed by atoms with E-state index in [4.69, 9.17) is 4.74 Å². The van der Waals surface area contributed by atoms with Crippen LogP contribution in [0.1, 0.15) is 13.3 Å². The number of nitrogens with zero attached hydrogens (tertiary/aromatic N) is 1. The number of hydrogen-bond donors (Lipinski definition) is 3. The molecular formula is C22H26N4O4S. The van der Waals surface area contributed by atoms with E-state index in [2.05, 4.69) is 16.0 Å². The number of urea groups is 1. The van der Waals surface area contributed by atoms with Crippen molar-refractivity contribution in [3.05, 3.63) is 48.5 Å². The molecule has 164 valence electrons. The number of benzene rings is 2. The third-order valence-corrected chi connectivity index (χ3v) is 5.33. The second-order valence-electron chi connectivity index (χ2n) is 6.85. The number of para-hydroxylation sites is 4. The fraction of sp³-hybridized carbons (Fsp3) is 0.318. The molecule has 0 aromatic heterocycles. The molecule has 1 aliphatic heterocycles. The van der Waals surface area contributed by atoms with Crippen molar-refractivity contribution >= 4 is 46.7 Å². The molecule has 4 amide bonds. The van der Waals surface area contributed by atoms with Gasteiger partial charge in [0.05, 0.1) is 23.7 Å². The minimum atomic E-state index is -0.771. The summed E-state index contributed by atoms with van der Waals surface area (Å²) in [6.45, 7) is 2.22. The van der Waals surface area contributed by atoms with Gasteiger partial charge in [0.2, 0.25) is 11.8 Å². The number of anilines is 3. The van der Waals surface area contributed by atoms with Crippen molar-refractivity contribution in [3.63, 3.8) is 0 Å². The SMILES string of the molecule is CCOc1ccccc1NC(=O)[C@H](CCSC)NC(=O)N1CC(=O)Nc2ccccc21. The maximum atomic E-state index is 13.0. The van der Waals surface area contributed by atoms with Crippen LogP contribution in [0.4, 0.5) is 21.9 Å². The van der Waals surface area contributed by atoms with Crippen molar-refractivity contribution in [2.45, 2.75) is 19.4 Å². The molecule has 3 rings (SSSR count). The molecule has 2 aromatic rings. The average molecular weight is 443 g/mol. The van der Waals surface area contributed by atoms with Crippen LogP contribution in [0.25, 0.3) is 0 Å². The van der Waals surface area contributed by atoms with Gasteiger partial charge in [0, 0.05) is 0 Å². The zero-order valence-corrected chi connectivity index (χ0v) is 18.3. The Bertz CT molecular complexity index is 953. The highest BCUT2D eigenvalue weighted by molar-refractivity contribution is 7.98. The molecule has 1 heterocycles. The summed E-state index contributed by atoms with van der Waals surface area (Å²) in [7, 11) is 0. The highest BCUT2D eigenvalue weighted by atomic mass is 32.2. The fourth-order valence-corrected chi connectivity index (χ4v) is 3.69. The molecule has 31 heavy (non-hydrogen) atoms. The summed E-state index contributed by atoms with van der Waals surface area (Å²) in [4.78, 5) is 39.4. The maximum absolute atomic E-state index is 13.0. The summed E-state index contributed by atoms with van der Waals surface area (Å²) in [5, 5.41) is 8.40. The second kappa shape index (κ2) is 10.7. The van der Waals surface area contributed by atoms with Crippen molar-refractivity contribution in [2.75, 3.05) is 40.7 Å². The summed E-state index contributed by atoms with van der Waals surface area (Å²) in [6, 6.07) is 12.9. The van der Waals surface area contributed by atoms with E-state index in [1.165, 1.54) is 4.90 Å². The van der Waals surface area contributed by atoms with Gasteiger partial charge in [0.25, 0.3) is 0 Å². The fourth-order valence-electron chi connectivity index (χ4n) is 3.22. The van der Waals surface area contributed by atoms with Crippen LogP contribution in [0.2, 0.25) is 0 Å². The van der Waals surface area contributed by atoms with Crippen LogP contribution in [-0.2, 0) is 9.59 Å². The molecular weight excluding hydrogens is 416 g/mol. The number of fused-ring (bicyclic) bond motifs is 1. The van der Waals surface area contributed by atoms with Gasteiger partial charge in [-0.1, -0.05) is 24.3 Å². The van der Waals surface area contributed by atoms with Crippen LogP contribution in [0.15, 0.2) is 48.5 Å². The van der Waals surface area contributed by atoms with E-state index in [-0.39, 0.29) is 18.4 Å². The van der Waals surface area contributed by atoms with E-state index >= 15 is 0 Å². The zero-order chi connectivity index (χ0) is 22.2. The van der Waals surface area contributed by atoms with Crippen molar-refractivity contribution in [1.29, 1.82) is 0 Å². The molecule has 3 N–H and O–H groups in total. The molecule has 0 fully saturated rings. The van der Waals surface area contributed by atoms with Crippen molar-refractivity contribution in [1.82, 2.24) is 5.32 Å². The van der Waals surface area contributed by atoms with Gasteiger partial charge in [-0.15, -0.1) is 0 Å². The van der Waals surface area contributed by atoms with Crippen molar-refractivity contribution in [3.8, 4) is 5.75 Å². The Morgan fingerprint density at radius 1 is 1.19 bits per heavy atom. The van der Waals surface area contributed by atoms with E-state index in [1.54, 1.807) is 54.2 Å². The number of amides is 4. The molecule has 2 aromatic carbocycles. The monoisotopic (exact) mass is 442 g/mol. The lowest BCUT2D eigenvalue weighted by atomic mass is 10.1.